The molecule has 1 aromatic heterocycles. The lowest BCUT2D eigenvalue weighted by Gasteiger charge is -2.16. The lowest BCUT2D eigenvalue weighted by atomic mass is 10.2. The van der Waals surface area contributed by atoms with Crippen LogP contribution in [0.4, 0.5) is 5.95 Å². The van der Waals surface area contributed by atoms with E-state index in [9.17, 15) is 0 Å². The van der Waals surface area contributed by atoms with E-state index in [0.717, 1.165) is 31.6 Å². The zero-order valence-corrected chi connectivity index (χ0v) is 12.2. The minimum atomic E-state index is 0.710. The summed E-state index contributed by atoms with van der Waals surface area (Å²) in [5, 5.41) is 3.24. The Hall–Kier alpha value is -1.94. The van der Waals surface area contributed by atoms with Crippen molar-refractivity contribution in [3.63, 3.8) is 0 Å². The molecule has 1 aromatic carbocycles. The van der Waals surface area contributed by atoms with Crippen LogP contribution in [0.25, 0.3) is 0 Å². The molecule has 0 aliphatic carbocycles. The zero-order chi connectivity index (χ0) is 14.2. The minimum Gasteiger partial charge on any atom is -0.354 e. The number of anilines is 1. The fourth-order valence-electron chi connectivity index (χ4n) is 2.01. The van der Waals surface area contributed by atoms with Gasteiger partial charge in [0.1, 0.15) is 0 Å². The van der Waals surface area contributed by atoms with Crippen molar-refractivity contribution in [2.24, 2.45) is 0 Å². The Morgan fingerprint density at radius 3 is 2.50 bits per heavy atom. The maximum atomic E-state index is 4.23. The SMILES string of the molecule is Cc1cnc(NCCCN(C)Cc2ccccc2)nc1. The van der Waals surface area contributed by atoms with Crippen LogP contribution in [0.3, 0.4) is 0 Å². The zero-order valence-electron chi connectivity index (χ0n) is 12.2. The Morgan fingerprint density at radius 1 is 1.10 bits per heavy atom. The van der Waals surface area contributed by atoms with Gasteiger partial charge in [0.25, 0.3) is 0 Å². The Kier molecular flexibility index (Phi) is 5.50. The van der Waals surface area contributed by atoms with E-state index in [4.69, 9.17) is 0 Å². The fourth-order valence-corrected chi connectivity index (χ4v) is 2.01. The second-order valence-corrected chi connectivity index (χ2v) is 5.09. The molecule has 1 heterocycles. The number of benzene rings is 1. The lowest BCUT2D eigenvalue weighted by Crippen LogP contribution is -2.21. The van der Waals surface area contributed by atoms with E-state index in [0.29, 0.717) is 5.95 Å². The van der Waals surface area contributed by atoms with Crippen LogP contribution in [0.1, 0.15) is 17.5 Å². The smallest absolute Gasteiger partial charge is 0.222 e. The summed E-state index contributed by atoms with van der Waals surface area (Å²) in [4.78, 5) is 10.8. The number of nitrogens with one attached hydrogen (secondary N) is 1. The van der Waals surface area contributed by atoms with Gasteiger partial charge in [0.2, 0.25) is 5.95 Å². The van der Waals surface area contributed by atoms with Crippen molar-refractivity contribution in [3.05, 3.63) is 53.9 Å². The predicted molar refractivity (Wildman–Crippen MR) is 82.7 cm³/mol. The molecule has 0 spiro atoms. The third-order valence-corrected chi connectivity index (χ3v) is 3.08. The highest BCUT2D eigenvalue weighted by Gasteiger charge is 2.00. The molecule has 0 saturated heterocycles. The monoisotopic (exact) mass is 270 g/mol. The standard InChI is InChI=1S/C16H22N4/c1-14-11-18-16(19-12-14)17-9-6-10-20(2)13-15-7-4-3-5-8-15/h3-5,7-8,11-12H,6,9-10,13H2,1-2H3,(H,17,18,19). The van der Waals surface area contributed by atoms with Gasteiger partial charge in [-0.15, -0.1) is 0 Å². The van der Waals surface area contributed by atoms with E-state index in [2.05, 4.69) is 57.6 Å². The van der Waals surface area contributed by atoms with Gasteiger partial charge in [0.15, 0.2) is 0 Å². The van der Waals surface area contributed by atoms with E-state index in [-0.39, 0.29) is 0 Å². The summed E-state index contributed by atoms with van der Waals surface area (Å²) in [5.41, 5.74) is 2.43. The Labute approximate surface area is 120 Å². The van der Waals surface area contributed by atoms with Crippen LogP contribution in [0, 0.1) is 6.92 Å². The first-order valence-electron chi connectivity index (χ1n) is 6.99. The third kappa shape index (κ3) is 4.97. The number of rotatable bonds is 7. The van der Waals surface area contributed by atoms with Crippen molar-refractivity contribution in [2.75, 3.05) is 25.5 Å². The van der Waals surface area contributed by atoms with Crippen molar-refractivity contribution in [1.29, 1.82) is 0 Å². The summed E-state index contributed by atoms with van der Waals surface area (Å²) in [7, 11) is 2.15. The van der Waals surface area contributed by atoms with Crippen molar-refractivity contribution < 1.29 is 0 Å². The molecule has 0 amide bonds. The highest BCUT2D eigenvalue weighted by Crippen LogP contribution is 2.03. The maximum Gasteiger partial charge on any atom is 0.222 e. The molecule has 0 radical (unpaired) electrons. The summed E-state index contributed by atoms with van der Waals surface area (Å²) >= 11 is 0. The highest BCUT2D eigenvalue weighted by molar-refractivity contribution is 5.23. The summed E-state index contributed by atoms with van der Waals surface area (Å²) in [6, 6.07) is 10.5. The van der Waals surface area contributed by atoms with E-state index >= 15 is 0 Å². The van der Waals surface area contributed by atoms with Gasteiger partial charge in [-0.3, -0.25) is 0 Å². The largest absolute Gasteiger partial charge is 0.354 e. The molecule has 4 nitrogen and oxygen atoms in total. The molecule has 2 aromatic rings. The topological polar surface area (TPSA) is 41.1 Å². The van der Waals surface area contributed by atoms with Gasteiger partial charge < -0.3 is 10.2 Å². The molecule has 2 rings (SSSR count). The number of aromatic nitrogens is 2. The normalized spacial score (nSPS) is 10.8. The van der Waals surface area contributed by atoms with Crippen LogP contribution in [-0.4, -0.2) is 35.0 Å². The van der Waals surface area contributed by atoms with Crippen molar-refractivity contribution in [3.8, 4) is 0 Å². The molecule has 0 fully saturated rings. The first kappa shape index (κ1) is 14.5. The molecular weight excluding hydrogens is 248 g/mol. The summed E-state index contributed by atoms with van der Waals surface area (Å²) in [6.45, 7) is 4.92. The second-order valence-electron chi connectivity index (χ2n) is 5.09. The van der Waals surface area contributed by atoms with Gasteiger partial charge >= 0.3 is 0 Å². The van der Waals surface area contributed by atoms with Gasteiger partial charge in [-0.1, -0.05) is 30.3 Å². The van der Waals surface area contributed by atoms with E-state index in [1.807, 2.05) is 19.3 Å². The van der Waals surface area contributed by atoms with Gasteiger partial charge in [-0.2, -0.15) is 0 Å². The third-order valence-electron chi connectivity index (χ3n) is 3.08. The number of aryl methyl sites for hydroxylation is 1. The molecule has 0 atom stereocenters. The van der Waals surface area contributed by atoms with Gasteiger partial charge in [0.05, 0.1) is 0 Å². The molecule has 0 aliphatic heterocycles. The Balaban J connectivity index is 1.64. The number of nitrogens with zero attached hydrogens (tertiary/aromatic N) is 3. The van der Waals surface area contributed by atoms with Crippen molar-refractivity contribution in [2.45, 2.75) is 19.9 Å². The average Bonchev–Trinajstić information content (AvgIpc) is 2.46. The van der Waals surface area contributed by atoms with E-state index < -0.39 is 0 Å². The second kappa shape index (κ2) is 7.60. The first-order chi connectivity index (χ1) is 9.74. The predicted octanol–water partition coefficient (Wildman–Crippen LogP) is 2.72. The molecule has 20 heavy (non-hydrogen) atoms. The summed E-state index contributed by atoms with van der Waals surface area (Å²) in [5.74, 6) is 0.710. The number of hydrogen-bond acceptors (Lipinski definition) is 4. The molecule has 0 bridgehead atoms. The average molecular weight is 270 g/mol. The molecule has 106 valence electrons. The van der Waals surface area contributed by atoms with Crippen LogP contribution in [0.5, 0.6) is 0 Å². The van der Waals surface area contributed by atoms with Crippen LogP contribution in [0.15, 0.2) is 42.7 Å². The van der Waals surface area contributed by atoms with E-state index in [1.165, 1.54) is 5.56 Å². The lowest BCUT2D eigenvalue weighted by molar-refractivity contribution is 0.325. The highest BCUT2D eigenvalue weighted by atomic mass is 15.1. The van der Waals surface area contributed by atoms with Gasteiger partial charge in [-0.05, 0) is 38.1 Å². The molecule has 1 N–H and O–H groups in total. The van der Waals surface area contributed by atoms with E-state index in [1.54, 1.807) is 0 Å². The Morgan fingerprint density at radius 2 is 1.80 bits per heavy atom. The van der Waals surface area contributed by atoms with Crippen LogP contribution in [0.2, 0.25) is 0 Å². The first-order valence-corrected chi connectivity index (χ1v) is 6.99. The molecule has 4 heteroatoms. The summed E-state index contributed by atoms with van der Waals surface area (Å²) in [6.07, 6.45) is 4.73. The maximum absolute atomic E-state index is 4.23. The van der Waals surface area contributed by atoms with Crippen molar-refractivity contribution in [1.82, 2.24) is 14.9 Å². The van der Waals surface area contributed by atoms with Crippen LogP contribution in [-0.2, 0) is 6.54 Å². The molecule has 0 unspecified atom stereocenters. The quantitative estimate of drug-likeness (QED) is 0.785. The Bertz CT molecular complexity index is 496. The van der Waals surface area contributed by atoms with Crippen molar-refractivity contribution >= 4 is 5.95 Å². The molecule has 0 saturated carbocycles. The molecule has 0 aliphatic rings. The minimum absolute atomic E-state index is 0.710. The fraction of sp³-hybridized carbons (Fsp3) is 0.375. The van der Waals surface area contributed by atoms with Gasteiger partial charge in [-0.25, -0.2) is 9.97 Å². The summed E-state index contributed by atoms with van der Waals surface area (Å²) < 4.78 is 0. The number of hydrogen-bond donors (Lipinski definition) is 1. The van der Waals surface area contributed by atoms with Crippen LogP contribution >= 0.6 is 0 Å². The van der Waals surface area contributed by atoms with Crippen LogP contribution < -0.4 is 5.32 Å². The van der Waals surface area contributed by atoms with Gasteiger partial charge in [0, 0.05) is 25.5 Å². The molecular formula is C16H22N4.